The molecule has 9 aromatic rings. The number of anilines is 3. The maximum atomic E-state index is 2.46. The molecule has 0 aliphatic heterocycles. The first-order valence-electron chi connectivity index (χ1n) is 17.7. The van der Waals surface area contributed by atoms with Crippen LogP contribution in [0.1, 0.15) is 18.4 Å². The molecule has 7 aromatic carbocycles. The first-order valence-corrected chi connectivity index (χ1v) is 18.5. The van der Waals surface area contributed by atoms with E-state index in [0.717, 1.165) is 29.9 Å². The van der Waals surface area contributed by atoms with Crippen molar-refractivity contribution in [1.82, 2.24) is 4.57 Å². The summed E-state index contributed by atoms with van der Waals surface area (Å²) in [6.45, 7) is 0. The van der Waals surface area contributed by atoms with Crippen LogP contribution in [0.15, 0.2) is 182 Å². The SMILES string of the molecule is C1=C(c2ccc(N(c3cccc(-c4ccccc4)c3)c3ccc4sc5ccccc5c4c3)cc2)C(n2c3ccccc3c3ccccc32)=CCC1. The minimum Gasteiger partial charge on any atom is -0.310 e. The lowest BCUT2D eigenvalue weighted by Crippen LogP contribution is -2.10. The van der Waals surface area contributed by atoms with E-state index in [2.05, 4.69) is 191 Å². The summed E-state index contributed by atoms with van der Waals surface area (Å²) in [5, 5.41) is 5.18. The second kappa shape index (κ2) is 12.3. The summed E-state index contributed by atoms with van der Waals surface area (Å²) >= 11 is 1.86. The van der Waals surface area contributed by atoms with Gasteiger partial charge in [-0.1, -0.05) is 121 Å². The van der Waals surface area contributed by atoms with E-state index in [4.69, 9.17) is 0 Å². The number of para-hydroxylation sites is 2. The van der Waals surface area contributed by atoms with Gasteiger partial charge in [0.05, 0.1) is 11.0 Å². The highest BCUT2D eigenvalue weighted by Crippen LogP contribution is 2.43. The van der Waals surface area contributed by atoms with Crippen LogP contribution in [0.3, 0.4) is 0 Å². The Morgan fingerprint density at radius 2 is 1.02 bits per heavy atom. The van der Waals surface area contributed by atoms with Gasteiger partial charge in [0, 0.05) is 59.3 Å². The molecule has 242 valence electrons. The molecule has 0 fully saturated rings. The van der Waals surface area contributed by atoms with E-state index >= 15 is 0 Å². The second-order valence-corrected chi connectivity index (χ2v) is 14.3. The van der Waals surface area contributed by atoms with Gasteiger partial charge in [-0.3, -0.25) is 0 Å². The zero-order valence-electron chi connectivity index (χ0n) is 28.0. The van der Waals surface area contributed by atoms with E-state index in [-0.39, 0.29) is 0 Å². The van der Waals surface area contributed by atoms with Gasteiger partial charge in [-0.15, -0.1) is 11.3 Å². The minimum atomic E-state index is 1.03. The third-order valence-electron chi connectivity index (χ3n) is 10.2. The van der Waals surface area contributed by atoms with E-state index in [9.17, 15) is 0 Å². The van der Waals surface area contributed by atoms with E-state index in [1.165, 1.54) is 69.9 Å². The van der Waals surface area contributed by atoms with E-state index in [1.807, 2.05) is 11.3 Å². The predicted octanol–water partition coefficient (Wildman–Crippen LogP) is 14.0. The van der Waals surface area contributed by atoms with Crippen LogP contribution in [-0.2, 0) is 0 Å². The van der Waals surface area contributed by atoms with Gasteiger partial charge in [0.2, 0.25) is 0 Å². The molecular formula is C48H34N2S. The highest BCUT2D eigenvalue weighted by molar-refractivity contribution is 7.25. The molecule has 10 rings (SSSR count). The summed E-state index contributed by atoms with van der Waals surface area (Å²) < 4.78 is 5.09. The highest BCUT2D eigenvalue weighted by Gasteiger charge is 2.20. The van der Waals surface area contributed by atoms with Crippen LogP contribution >= 0.6 is 11.3 Å². The number of aromatic nitrogens is 1. The molecule has 0 atom stereocenters. The fourth-order valence-electron chi connectivity index (χ4n) is 7.87. The first kappa shape index (κ1) is 29.7. The number of nitrogens with zero attached hydrogens (tertiary/aromatic N) is 2. The Labute approximate surface area is 301 Å². The molecule has 0 unspecified atom stereocenters. The maximum Gasteiger partial charge on any atom is 0.0541 e. The van der Waals surface area contributed by atoms with Gasteiger partial charge in [-0.05, 0) is 90.2 Å². The van der Waals surface area contributed by atoms with Gasteiger partial charge < -0.3 is 9.47 Å². The number of thiophene rings is 1. The molecule has 0 N–H and O–H groups in total. The molecule has 0 amide bonds. The van der Waals surface area contributed by atoms with Gasteiger partial charge in [-0.25, -0.2) is 0 Å². The molecule has 0 saturated heterocycles. The lowest BCUT2D eigenvalue weighted by molar-refractivity contribution is 1.02. The van der Waals surface area contributed by atoms with E-state index < -0.39 is 0 Å². The minimum absolute atomic E-state index is 1.03. The molecule has 0 bridgehead atoms. The average Bonchev–Trinajstić information content (AvgIpc) is 3.74. The first-order chi connectivity index (χ1) is 25.3. The largest absolute Gasteiger partial charge is 0.310 e. The van der Waals surface area contributed by atoms with Gasteiger partial charge >= 0.3 is 0 Å². The molecule has 3 heteroatoms. The van der Waals surface area contributed by atoms with Crippen molar-refractivity contribution < 1.29 is 0 Å². The van der Waals surface area contributed by atoms with Gasteiger partial charge in [0.15, 0.2) is 0 Å². The zero-order chi connectivity index (χ0) is 33.7. The lowest BCUT2D eigenvalue weighted by atomic mass is 9.95. The fourth-order valence-corrected chi connectivity index (χ4v) is 8.95. The van der Waals surface area contributed by atoms with Crippen LogP contribution in [0.5, 0.6) is 0 Å². The van der Waals surface area contributed by atoms with Crippen LogP contribution in [0, 0.1) is 0 Å². The number of benzene rings is 7. The number of fused-ring (bicyclic) bond motifs is 6. The quantitative estimate of drug-likeness (QED) is 0.171. The molecule has 0 spiro atoms. The number of hydrogen-bond donors (Lipinski definition) is 0. The molecule has 2 aromatic heterocycles. The standard InChI is InChI=1S/C48H34N2S/c1-2-13-33(14-3-1)35-15-12-16-37(31-35)49(38-29-30-48-43(32-38)42-20-7-11-24-47(42)51-48)36-27-25-34(26-28-36)39-17-4-8-21-44(39)50-45-22-9-5-18-40(45)41-19-6-10-23-46(41)50/h1-3,5-7,9-32H,4,8H2. The van der Waals surface area contributed by atoms with Crippen molar-refractivity contribution in [1.29, 1.82) is 0 Å². The van der Waals surface area contributed by atoms with Crippen molar-refractivity contribution >= 4 is 81.6 Å². The summed E-state index contributed by atoms with van der Waals surface area (Å²) in [5.41, 5.74) is 12.1. The molecule has 2 nitrogen and oxygen atoms in total. The number of hydrogen-bond acceptors (Lipinski definition) is 2. The Kier molecular flexibility index (Phi) is 7.18. The van der Waals surface area contributed by atoms with Gasteiger partial charge in [0.1, 0.15) is 0 Å². The van der Waals surface area contributed by atoms with Crippen molar-refractivity contribution in [2.45, 2.75) is 12.8 Å². The van der Waals surface area contributed by atoms with Crippen molar-refractivity contribution in [2.24, 2.45) is 0 Å². The van der Waals surface area contributed by atoms with Crippen molar-refractivity contribution in [2.75, 3.05) is 4.90 Å². The summed E-state index contributed by atoms with van der Waals surface area (Å²) in [6.07, 6.45) is 6.91. The third kappa shape index (κ3) is 5.09. The summed E-state index contributed by atoms with van der Waals surface area (Å²) in [5.74, 6) is 0. The highest BCUT2D eigenvalue weighted by atomic mass is 32.1. The summed E-state index contributed by atoms with van der Waals surface area (Å²) in [4.78, 5) is 2.40. The Balaban J connectivity index is 1.10. The van der Waals surface area contributed by atoms with Crippen molar-refractivity contribution in [3.8, 4) is 11.1 Å². The molecule has 1 aliphatic carbocycles. The number of allylic oxidation sites excluding steroid dienone is 4. The van der Waals surface area contributed by atoms with Crippen LogP contribution in [-0.4, -0.2) is 4.57 Å². The molecule has 1 aliphatic rings. The van der Waals surface area contributed by atoms with E-state index in [0.29, 0.717) is 0 Å². The van der Waals surface area contributed by atoms with Crippen molar-refractivity contribution in [3.05, 3.63) is 188 Å². The van der Waals surface area contributed by atoms with Crippen LogP contribution in [0.4, 0.5) is 17.1 Å². The molecular weight excluding hydrogens is 637 g/mol. The van der Waals surface area contributed by atoms with Crippen molar-refractivity contribution in [3.63, 3.8) is 0 Å². The smallest absolute Gasteiger partial charge is 0.0541 e. The van der Waals surface area contributed by atoms with Crippen LogP contribution < -0.4 is 4.90 Å². The van der Waals surface area contributed by atoms with Crippen LogP contribution in [0.25, 0.3) is 64.4 Å². The summed E-state index contributed by atoms with van der Waals surface area (Å²) in [7, 11) is 0. The second-order valence-electron chi connectivity index (χ2n) is 13.2. The summed E-state index contributed by atoms with van der Waals surface area (Å²) in [6, 6.07) is 62.0. The third-order valence-corrected chi connectivity index (χ3v) is 11.4. The zero-order valence-corrected chi connectivity index (χ0v) is 28.9. The topological polar surface area (TPSA) is 8.17 Å². The van der Waals surface area contributed by atoms with Gasteiger partial charge in [-0.2, -0.15) is 0 Å². The van der Waals surface area contributed by atoms with Crippen LogP contribution in [0.2, 0.25) is 0 Å². The Morgan fingerprint density at radius 1 is 0.412 bits per heavy atom. The average molecular weight is 671 g/mol. The maximum absolute atomic E-state index is 2.46. The van der Waals surface area contributed by atoms with Gasteiger partial charge in [0.25, 0.3) is 0 Å². The Bertz CT molecular complexity index is 2740. The molecule has 0 radical (unpaired) electrons. The Hall–Kier alpha value is -6.16. The normalized spacial score (nSPS) is 13.2. The lowest BCUT2D eigenvalue weighted by Gasteiger charge is -2.27. The molecule has 51 heavy (non-hydrogen) atoms. The molecule has 0 saturated carbocycles. The number of rotatable bonds is 6. The predicted molar refractivity (Wildman–Crippen MR) is 220 cm³/mol. The fraction of sp³-hybridized carbons (Fsp3) is 0.0417. The van der Waals surface area contributed by atoms with E-state index in [1.54, 1.807) is 0 Å². The Morgan fingerprint density at radius 3 is 1.80 bits per heavy atom. The monoisotopic (exact) mass is 670 g/mol. The molecule has 2 heterocycles.